The number of ether oxygens (including phenoxy) is 1. The molecule has 0 bridgehead atoms. The summed E-state index contributed by atoms with van der Waals surface area (Å²) in [5, 5.41) is 0. The van der Waals surface area contributed by atoms with Crippen LogP contribution in [0.5, 0.6) is 0 Å². The van der Waals surface area contributed by atoms with Crippen molar-refractivity contribution in [3.05, 3.63) is 0 Å². The summed E-state index contributed by atoms with van der Waals surface area (Å²) in [5.74, 6) is 0.857. The average molecular weight is 311 g/mol. The predicted octanol–water partition coefficient (Wildman–Crippen LogP) is 3.36. The summed E-state index contributed by atoms with van der Waals surface area (Å²) in [6.45, 7) is 9.05. The Hall–Kier alpha value is 0.0700. The molecule has 3 N–H and O–H groups in total. The molecule has 6 heteroatoms. The van der Waals surface area contributed by atoms with Crippen molar-refractivity contribution in [1.29, 1.82) is 0 Å². The molecule has 0 spiro atoms. The number of nitrogens with two attached hydrogens (primary N) is 1. The largest absolute Gasteiger partial charge is 0.381 e. The fraction of sp³-hybridized carbons (Fsp3) is 1.00. The van der Waals surface area contributed by atoms with Crippen LogP contribution in [0.2, 0.25) is 0 Å². The van der Waals surface area contributed by atoms with E-state index < -0.39 is 8.25 Å². The van der Waals surface area contributed by atoms with Gasteiger partial charge in [0.1, 0.15) is 0 Å². The van der Waals surface area contributed by atoms with Gasteiger partial charge in [-0.25, -0.2) is 0 Å². The van der Waals surface area contributed by atoms with E-state index in [0.717, 1.165) is 32.1 Å². The summed E-state index contributed by atoms with van der Waals surface area (Å²) in [7, 11) is -2.64. The molecule has 0 aliphatic rings. The maximum absolute atomic E-state index is 9.56. The maximum Gasteiger partial charge on any atom is 0.316 e. The Balaban J connectivity index is 0. The summed E-state index contributed by atoms with van der Waals surface area (Å²) in [6.07, 6.45) is 7.62. The third-order valence-corrected chi connectivity index (χ3v) is 3.12. The van der Waals surface area contributed by atoms with Crippen molar-refractivity contribution in [2.75, 3.05) is 26.4 Å². The Morgan fingerprint density at radius 1 is 1.10 bits per heavy atom. The second-order valence-corrected chi connectivity index (χ2v) is 5.87. The van der Waals surface area contributed by atoms with E-state index >= 15 is 0 Å². The zero-order valence-electron chi connectivity index (χ0n) is 13.4. The van der Waals surface area contributed by atoms with Crippen LogP contribution in [0, 0.1) is 5.92 Å². The molecule has 0 fully saturated rings. The van der Waals surface area contributed by atoms with Gasteiger partial charge in [-0.2, -0.15) is 0 Å². The number of rotatable bonds is 12. The molecule has 1 atom stereocenters. The second-order valence-electron chi connectivity index (χ2n) is 5.05. The smallest absolute Gasteiger partial charge is 0.316 e. The lowest BCUT2D eigenvalue weighted by atomic mass is 10.0. The molecule has 5 nitrogen and oxygen atoms in total. The van der Waals surface area contributed by atoms with Crippen LogP contribution in [0.25, 0.3) is 0 Å². The molecule has 0 heterocycles. The molecule has 124 valence electrons. The van der Waals surface area contributed by atoms with E-state index in [1.54, 1.807) is 6.92 Å². The van der Waals surface area contributed by atoms with Gasteiger partial charge in [-0.1, -0.05) is 39.5 Å². The van der Waals surface area contributed by atoms with Crippen LogP contribution in [0.15, 0.2) is 0 Å². The molecule has 0 amide bonds. The minimum atomic E-state index is -2.64. The Morgan fingerprint density at radius 3 is 2.15 bits per heavy atom. The van der Waals surface area contributed by atoms with Crippen molar-refractivity contribution in [2.45, 2.75) is 59.3 Å². The fourth-order valence-corrected chi connectivity index (χ4v) is 1.77. The van der Waals surface area contributed by atoms with E-state index in [0.29, 0.717) is 6.61 Å². The van der Waals surface area contributed by atoms with Crippen LogP contribution in [0.4, 0.5) is 0 Å². The summed E-state index contributed by atoms with van der Waals surface area (Å²) in [5.41, 5.74) is 5.36. The summed E-state index contributed by atoms with van der Waals surface area (Å²) in [6, 6.07) is 0. The first-order chi connectivity index (χ1) is 9.54. The van der Waals surface area contributed by atoms with E-state index in [2.05, 4.69) is 18.4 Å². The van der Waals surface area contributed by atoms with Crippen LogP contribution in [0.3, 0.4) is 0 Å². The van der Waals surface area contributed by atoms with Gasteiger partial charge < -0.3 is 19.9 Å². The maximum atomic E-state index is 9.56. The van der Waals surface area contributed by atoms with Gasteiger partial charge in [0, 0.05) is 13.2 Å². The number of hydrogen-bond donors (Lipinski definition) is 2. The van der Waals surface area contributed by atoms with Crippen molar-refractivity contribution in [3.63, 3.8) is 0 Å². The Labute approximate surface area is 125 Å². The van der Waals surface area contributed by atoms with Crippen LogP contribution < -0.4 is 5.73 Å². The highest BCUT2D eigenvalue weighted by molar-refractivity contribution is 7.32. The molecule has 0 aliphatic heterocycles. The quantitative estimate of drug-likeness (QED) is 0.426. The molecule has 0 aromatic heterocycles. The van der Waals surface area contributed by atoms with Gasteiger partial charge in [0.25, 0.3) is 0 Å². The third-order valence-electron chi connectivity index (χ3n) is 2.58. The highest BCUT2D eigenvalue weighted by Gasteiger charge is 1.94. The molecule has 0 rings (SSSR count). The van der Waals surface area contributed by atoms with E-state index in [4.69, 9.17) is 15.4 Å². The second kappa shape index (κ2) is 19.1. The summed E-state index contributed by atoms with van der Waals surface area (Å²) >= 11 is 0. The van der Waals surface area contributed by atoms with Crippen molar-refractivity contribution in [3.8, 4) is 0 Å². The predicted molar refractivity (Wildman–Crippen MR) is 85.3 cm³/mol. The van der Waals surface area contributed by atoms with E-state index in [9.17, 15) is 4.57 Å². The van der Waals surface area contributed by atoms with Gasteiger partial charge in [0.2, 0.25) is 0 Å². The Kier molecular flexibility index (Phi) is 21.3. The molecular weight excluding hydrogens is 277 g/mol. The van der Waals surface area contributed by atoms with E-state index in [-0.39, 0.29) is 0 Å². The van der Waals surface area contributed by atoms with Gasteiger partial charge in [0.15, 0.2) is 0 Å². The summed E-state index contributed by atoms with van der Waals surface area (Å²) < 4.78 is 19.1. The van der Waals surface area contributed by atoms with Crippen molar-refractivity contribution in [1.82, 2.24) is 0 Å². The summed E-state index contributed by atoms with van der Waals surface area (Å²) in [4.78, 5) is 7.88. The standard InChI is InChI=1S/C12H27NO.C2H7O3P/c1-12(2)8-5-3-4-6-10-14-11-7-9-13;1-2-5-6(3)4/h12H,3-11,13H2,1-2H3;6H,2H2,1H3,(H,3,4). The molecule has 20 heavy (non-hydrogen) atoms. The van der Waals surface area contributed by atoms with Crippen molar-refractivity contribution >= 4 is 8.25 Å². The molecule has 0 aromatic rings. The topological polar surface area (TPSA) is 81.8 Å². The van der Waals surface area contributed by atoms with Crippen molar-refractivity contribution < 1.29 is 18.7 Å². The minimum Gasteiger partial charge on any atom is -0.381 e. The molecule has 0 saturated heterocycles. The van der Waals surface area contributed by atoms with Crippen molar-refractivity contribution in [2.24, 2.45) is 11.7 Å². The lowest BCUT2D eigenvalue weighted by molar-refractivity contribution is 0.129. The van der Waals surface area contributed by atoms with Gasteiger partial charge in [0.05, 0.1) is 6.61 Å². The first-order valence-corrected chi connectivity index (χ1v) is 8.94. The lowest BCUT2D eigenvalue weighted by Gasteiger charge is -2.05. The van der Waals surface area contributed by atoms with Crippen LogP contribution in [-0.4, -0.2) is 31.3 Å². The van der Waals surface area contributed by atoms with Gasteiger partial charge >= 0.3 is 8.25 Å². The molecule has 0 aliphatic carbocycles. The molecule has 0 saturated carbocycles. The zero-order valence-corrected chi connectivity index (χ0v) is 14.4. The molecule has 0 aromatic carbocycles. The average Bonchev–Trinajstić information content (AvgIpc) is 2.37. The monoisotopic (exact) mass is 311 g/mol. The van der Waals surface area contributed by atoms with Gasteiger partial charge in [-0.15, -0.1) is 0 Å². The molecule has 0 radical (unpaired) electrons. The SMILES string of the molecule is CC(C)CCCCCCOCCCN.CCO[PH](=O)O. The Bertz CT molecular complexity index is 204. The number of unbranched alkanes of at least 4 members (excludes halogenated alkanes) is 3. The Morgan fingerprint density at radius 2 is 1.70 bits per heavy atom. The van der Waals surface area contributed by atoms with Crippen LogP contribution in [-0.2, 0) is 13.8 Å². The van der Waals surface area contributed by atoms with E-state index in [1.165, 1.54) is 32.1 Å². The van der Waals surface area contributed by atoms with Crippen LogP contribution >= 0.6 is 8.25 Å². The normalized spacial score (nSPS) is 12.1. The fourth-order valence-electron chi connectivity index (χ4n) is 1.52. The highest BCUT2D eigenvalue weighted by atomic mass is 31.1. The first-order valence-electron chi connectivity index (χ1n) is 7.68. The highest BCUT2D eigenvalue weighted by Crippen LogP contribution is 2.12. The lowest BCUT2D eigenvalue weighted by Crippen LogP contribution is -2.05. The molecule has 1 unspecified atom stereocenters. The van der Waals surface area contributed by atoms with Gasteiger partial charge in [-0.05, 0) is 32.2 Å². The molecular formula is C14H34NO4P. The first kappa shape index (κ1) is 22.4. The van der Waals surface area contributed by atoms with Crippen LogP contribution in [0.1, 0.15) is 59.3 Å². The third kappa shape index (κ3) is 26.6. The minimum absolute atomic E-state index is 0.314. The van der Waals surface area contributed by atoms with E-state index in [1.807, 2.05) is 0 Å². The van der Waals surface area contributed by atoms with Gasteiger partial charge in [-0.3, -0.25) is 4.57 Å². The number of hydrogen-bond acceptors (Lipinski definition) is 4. The zero-order chi connectivity index (χ0) is 15.6.